The van der Waals surface area contributed by atoms with Crippen LogP contribution < -0.4 is 5.32 Å². The lowest BCUT2D eigenvalue weighted by atomic mass is 9.93. The number of likely N-dealkylation sites (N-methyl/N-ethyl adjacent to an activating group) is 1. The fourth-order valence-electron chi connectivity index (χ4n) is 4.24. The van der Waals surface area contributed by atoms with Gasteiger partial charge in [0.1, 0.15) is 0 Å². The molecule has 1 aliphatic carbocycles. The molecule has 0 saturated carbocycles. The Kier molecular flexibility index (Phi) is 4.34. The Morgan fingerprint density at radius 1 is 1.04 bits per heavy atom. The van der Waals surface area contributed by atoms with E-state index in [1.54, 1.807) is 0 Å². The average Bonchev–Trinajstić information content (AvgIpc) is 3.04. The molecule has 1 aliphatic heterocycles. The molecule has 2 aromatic rings. The number of nitrogens with one attached hydrogen (secondary N) is 1. The third-order valence-corrected chi connectivity index (χ3v) is 5.79. The number of amides is 1. The molecule has 2 aliphatic rings. The molecule has 0 saturated heterocycles. The van der Waals surface area contributed by atoms with Gasteiger partial charge in [0, 0.05) is 25.0 Å². The lowest BCUT2D eigenvalue weighted by molar-refractivity contribution is -0.125. The van der Waals surface area contributed by atoms with E-state index in [9.17, 15) is 4.79 Å². The number of rotatable bonds is 3. The van der Waals surface area contributed by atoms with E-state index >= 15 is 0 Å². The first-order valence-corrected chi connectivity index (χ1v) is 9.23. The molecule has 0 bridgehead atoms. The van der Waals surface area contributed by atoms with Gasteiger partial charge in [-0.3, -0.25) is 9.69 Å². The van der Waals surface area contributed by atoms with Crippen molar-refractivity contribution < 1.29 is 4.79 Å². The van der Waals surface area contributed by atoms with Crippen molar-refractivity contribution in [3.8, 4) is 0 Å². The minimum atomic E-state index is 0.0980. The number of fused-ring (bicyclic) bond motifs is 2. The Morgan fingerprint density at radius 2 is 1.76 bits per heavy atom. The van der Waals surface area contributed by atoms with E-state index < -0.39 is 0 Å². The number of hydrogen-bond donors (Lipinski definition) is 1. The number of nitrogens with zero attached hydrogens (tertiary/aromatic N) is 1. The van der Waals surface area contributed by atoms with Gasteiger partial charge in [-0.2, -0.15) is 0 Å². The summed E-state index contributed by atoms with van der Waals surface area (Å²) in [6, 6.07) is 15.5. The van der Waals surface area contributed by atoms with Gasteiger partial charge in [0.25, 0.3) is 0 Å². The first kappa shape index (κ1) is 16.3. The van der Waals surface area contributed by atoms with Crippen molar-refractivity contribution in [1.82, 2.24) is 10.2 Å². The molecule has 1 heterocycles. The van der Waals surface area contributed by atoms with Crippen LogP contribution in [0.3, 0.4) is 0 Å². The Hall–Kier alpha value is -2.13. The second-order valence-electron chi connectivity index (χ2n) is 7.66. The Labute approximate surface area is 150 Å². The summed E-state index contributed by atoms with van der Waals surface area (Å²) in [4.78, 5) is 15.0. The minimum Gasteiger partial charge on any atom is -0.354 e. The molecule has 0 spiro atoms. The van der Waals surface area contributed by atoms with Crippen LogP contribution in [0.15, 0.2) is 42.5 Å². The smallest absolute Gasteiger partial charge is 0.223 e. The summed E-state index contributed by atoms with van der Waals surface area (Å²) in [5.41, 5.74) is 6.84. The van der Waals surface area contributed by atoms with Gasteiger partial charge >= 0.3 is 0 Å². The van der Waals surface area contributed by atoms with Crippen molar-refractivity contribution >= 4 is 5.91 Å². The van der Waals surface area contributed by atoms with Crippen LogP contribution in [0, 0.1) is 12.8 Å². The van der Waals surface area contributed by atoms with E-state index in [1.807, 2.05) is 0 Å². The van der Waals surface area contributed by atoms with Gasteiger partial charge in [-0.1, -0.05) is 48.0 Å². The van der Waals surface area contributed by atoms with E-state index in [4.69, 9.17) is 0 Å². The van der Waals surface area contributed by atoms with Crippen LogP contribution in [-0.2, 0) is 30.6 Å². The minimum absolute atomic E-state index is 0.0980. The highest BCUT2D eigenvalue weighted by Gasteiger charge is 2.29. The number of hydrogen-bond acceptors (Lipinski definition) is 2. The van der Waals surface area contributed by atoms with Crippen molar-refractivity contribution in [3.63, 3.8) is 0 Å². The fraction of sp³-hybridized carbons (Fsp3) is 0.409. The summed E-state index contributed by atoms with van der Waals surface area (Å²) < 4.78 is 0. The van der Waals surface area contributed by atoms with E-state index in [0.29, 0.717) is 6.04 Å². The van der Waals surface area contributed by atoms with Crippen molar-refractivity contribution in [2.24, 2.45) is 5.92 Å². The molecule has 3 heteroatoms. The average molecular weight is 334 g/mol. The predicted octanol–water partition coefficient (Wildman–Crippen LogP) is 2.88. The maximum Gasteiger partial charge on any atom is 0.223 e. The molecule has 1 atom stereocenters. The van der Waals surface area contributed by atoms with Crippen LogP contribution >= 0.6 is 0 Å². The second kappa shape index (κ2) is 6.64. The maximum absolute atomic E-state index is 12.6. The zero-order chi connectivity index (χ0) is 17.4. The summed E-state index contributed by atoms with van der Waals surface area (Å²) in [5, 5.41) is 3.22. The largest absolute Gasteiger partial charge is 0.354 e. The molecule has 2 aromatic carbocycles. The zero-order valence-electron chi connectivity index (χ0n) is 15.1. The van der Waals surface area contributed by atoms with E-state index in [2.05, 4.69) is 66.7 Å². The monoisotopic (exact) mass is 334 g/mol. The second-order valence-corrected chi connectivity index (χ2v) is 7.66. The highest BCUT2D eigenvalue weighted by molar-refractivity contribution is 5.80. The first-order chi connectivity index (χ1) is 12.1. The Bertz CT molecular complexity index is 773. The molecule has 0 unspecified atom stereocenters. The molecule has 25 heavy (non-hydrogen) atoms. The quantitative estimate of drug-likeness (QED) is 0.936. The SMILES string of the molecule is Cc1ccc2c(c1)C[C@@H](CNC(=O)C1Cc3ccccc3C1)N(C)C2. The highest BCUT2D eigenvalue weighted by atomic mass is 16.1. The lowest BCUT2D eigenvalue weighted by Gasteiger charge is -2.34. The van der Waals surface area contributed by atoms with Gasteiger partial charge in [-0.05, 0) is 55.5 Å². The molecule has 1 amide bonds. The molecular weight excluding hydrogens is 308 g/mol. The number of carbonyl (C=O) groups is 1. The van der Waals surface area contributed by atoms with Crippen LogP contribution in [0.1, 0.15) is 27.8 Å². The van der Waals surface area contributed by atoms with Gasteiger partial charge in [0.05, 0.1) is 0 Å². The first-order valence-electron chi connectivity index (χ1n) is 9.23. The van der Waals surface area contributed by atoms with Gasteiger partial charge < -0.3 is 5.32 Å². The van der Waals surface area contributed by atoms with Crippen molar-refractivity contribution in [2.45, 2.75) is 38.8 Å². The summed E-state index contributed by atoms with van der Waals surface area (Å²) in [6.45, 7) is 3.84. The molecule has 130 valence electrons. The van der Waals surface area contributed by atoms with Crippen molar-refractivity contribution in [3.05, 3.63) is 70.3 Å². The third kappa shape index (κ3) is 3.34. The lowest BCUT2D eigenvalue weighted by Crippen LogP contribution is -2.46. The summed E-state index contributed by atoms with van der Waals surface area (Å²) in [6.07, 6.45) is 2.77. The van der Waals surface area contributed by atoms with Crippen LogP contribution in [0.25, 0.3) is 0 Å². The van der Waals surface area contributed by atoms with E-state index in [-0.39, 0.29) is 11.8 Å². The van der Waals surface area contributed by atoms with Crippen molar-refractivity contribution in [2.75, 3.05) is 13.6 Å². The van der Waals surface area contributed by atoms with Gasteiger partial charge in [-0.25, -0.2) is 0 Å². The van der Waals surface area contributed by atoms with E-state index in [1.165, 1.54) is 27.8 Å². The highest BCUT2D eigenvalue weighted by Crippen LogP contribution is 2.27. The summed E-state index contributed by atoms with van der Waals surface area (Å²) in [5.74, 6) is 0.306. The van der Waals surface area contributed by atoms with Crippen LogP contribution in [0.5, 0.6) is 0 Å². The standard InChI is InChI=1S/C22H26N2O/c1-15-7-8-18-14-24(2)21(12-19(18)9-15)13-23-22(25)20-10-16-5-3-4-6-17(16)11-20/h3-9,20-21H,10-14H2,1-2H3,(H,23,25)/t21-/m0/s1. The van der Waals surface area contributed by atoms with Crippen LogP contribution in [0.2, 0.25) is 0 Å². The van der Waals surface area contributed by atoms with Gasteiger partial charge in [-0.15, -0.1) is 0 Å². The molecule has 3 nitrogen and oxygen atoms in total. The fourth-order valence-corrected chi connectivity index (χ4v) is 4.24. The number of carbonyl (C=O) groups excluding carboxylic acids is 1. The van der Waals surface area contributed by atoms with Crippen molar-refractivity contribution in [1.29, 1.82) is 0 Å². The number of aryl methyl sites for hydroxylation is 1. The summed E-state index contributed by atoms with van der Waals surface area (Å²) >= 11 is 0. The normalized spacial score (nSPS) is 20.2. The molecule has 0 aromatic heterocycles. The van der Waals surface area contributed by atoms with E-state index in [0.717, 1.165) is 32.4 Å². The third-order valence-electron chi connectivity index (χ3n) is 5.79. The van der Waals surface area contributed by atoms with Gasteiger partial charge in [0.2, 0.25) is 5.91 Å². The number of benzene rings is 2. The Balaban J connectivity index is 1.36. The molecule has 0 fully saturated rings. The predicted molar refractivity (Wildman–Crippen MR) is 100 cm³/mol. The topological polar surface area (TPSA) is 32.3 Å². The molecule has 1 N–H and O–H groups in total. The molecular formula is C22H26N2O. The van der Waals surface area contributed by atoms with Crippen LogP contribution in [-0.4, -0.2) is 30.4 Å². The Morgan fingerprint density at radius 3 is 2.48 bits per heavy atom. The maximum atomic E-state index is 12.6. The molecule has 0 radical (unpaired) electrons. The van der Waals surface area contributed by atoms with Gasteiger partial charge in [0.15, 0.2) is 0 Å². The summed E-state index contributed by atoms with van der Waals surface area (Å²) in [7, 11) is 2.16. The van der Waals surface area contributed by atoms with Crippen LogP contribution in [0.4, 0.5) is 0 Å². The molecule has 4 rings (SSSR count). The zero-order valence-corrected chi connectivity index (χ0v) is 15.1.